The SMILES string of the molecule is CCOC(=O)C(c1nc(-c2ccc(OC)cc2)c(-c2ccc(OC)cc2)s1)n1cccc1. The van der Waals surface area contributed by atoms with E-state index in [0.717, 1.165) is 33.2 Å². The standard InChI is InChI=1S/C25H24N2O4S/c1-4-31-25(28)22(27-15-5-6-16-27)24-26-21(17-7-11-19(29-2)12-8-17)23(32-24)18-9-13-20(30-3)14-10-18/h5-16,22H,4H2,1-3H3. The first-order valence-corrected chi connectivity index (χ1v) is 11.0. The molecule has 0 aliphatic carbocycles. The number of ether oxygens (including phenoxy) is 3. The lowest BCUT2D eigenvalue weighted by Crippen LogP contribution is -2.22. The van der Waals surface area contributed by atoms with Gasteiger partial charge in [0, 0.05) is 18.0 Å². The molecule has 0 saturated carbocycles. The van der Waals surface area contributed by atoms with Gasteiger partial charge in [0.15, 0.2) is 6.04 Å². The lowest BCUT2D eigenvalue weighted by Gasteiger charge is -2.14. The summed E-state index contributed by atoms with van der Waals surface area (Å²) >= 11 is 1.49. The maximum absolute atomic E-state index is 12.9. The van der Waals surface area contributed by atoms with Crippen LogP contribution in [0.2, 0.25) is 0 Å². The van der Waals surface area contributed by atoms with E-state index in [2.05, 4.69) is 0 Å². The number of carbonyl (C=O) groups excluding carboxylic acids is 1. The Morgan fingerprint density at radius 1 is 0.938 bits per heavy atom. The molecule has 0 fully saturated rings. The van der Waals surface area contributed by atoms with Crippen LogP contribution in [0.3, 0.4) is 0 Å². The Hall–Kier alpha value is -3.58. The first-order chi connectivity index (χ1) is 15.6. The predicted molar refractivity (Wildman–Crippen MR) is 125 cm³/mol. The van der Waals surface area contributed by atoms with Crippen molar-refractivity contribution in [2.45, 2.75) is 13.0 Å². The van der Waals surface area contributed by atoms with Gasteiger partial charge in [0.05, 0.1) is 31.4 Å². The van der Waals surface area contributed by atoms with Gasteiger partial charge in [-0.3, -0.25) is 0 Å². The fraction of sp³-hybridized carbons (Fsp3) is 0.200. The second kappa shape index (κ2) is 9.70. The van der Waals surface area contributed by atoms with Gasteiger partial charge in [-0.2, -0.15) is 0 Å². The zero-order chi connectivity index (χ0) is 22.5. The van der Waals surface area contributed by atoms with Crippen molar-refractivity contribution in [1.82, 2.24) is 9.55 Å². The van der Waals surface area contributed by atoms with Gasteiger partial charge in [0.2, 0.25) is 0 Å². The van der Waals surface area contributed by atoms with Gasteiger partial charge in [-0.25, -0.2) is 9.78 Å². The van der Waals surface area contributed by atoms with Crippen molar-refractivity contribution in [3.63, 3.8) is 0 Å². The van der Waals surface area contributed by atoms with Gasteiger partial charge in [-0.05, 0) is 73.2 Å². The molecule has 2 aromatic heterocycles. The third-order valence-corrected chi connectivity index (χ3v) is 6.19. The molecule has 6 nitrogen and oxygen atoms in total. The maximum Gasteiger partial charge on any atom is 0.336 e. The zero-order valence-electron chi connectivity index (χ0n) is 18.1. The average Bonchev–Trinajstić information content (AvgIpc) is 3.51. The lowest BCUT2D eigenvalue weighted by atomic mass is 10.1. The van der Waals surface area contributed by atoms with Gasteiger partial charge in [0.1, 0.15) is 16.5 Å². The van der Waals surface area contributed by atoms with E-state index in [9.17, 15) is 4.79 Å². The van der Waals surface area contributed by atoms with Crippen molar-refractivity contribution in [1.29, 1.82) is 0 Å². The fourth-order valence-corrected chi connectivity index (χ4v) is 4.62. The second-order valence-electron chi connectivity index (χ2n) is 6.97. The molecule has 2 heterocycles. The Morgan fingerprint density at radius 3 is 2.03 bits per heavy atom. The highest BCUT2D eigenvalue weighted by molar-refractivity contribution is 7.15. The minimum Gasteiger partial charge on any atom is -0.497 e. The Bertz CT molecular complexity index is 1100. The Morgan fingerprint density at radius 2 is 1.50 bits per heavy atom. The number of carbonyl (C=O) groups is 1. The van der Waals surface area contributed by atoms with Crippen molar-refractivity contribution < 1.29 is 19.0 Å². The number of nitrogens with zero attached hydrogens (tertiary/aromatic N) is 2. The molecule has 0 aliphatic rings. The van der Waals surface area contributed by atoms with Crippen molar-refractivity contribution in [2.24, 2.45) is 0 Å². The second-order valence-corrected chi connectivity index (χ2v) is 8.00. The van der Waals surface area contributed by atoms with Crippen molar-refractivity contribution in [3.05, 3.63) is 78.1 Å². The average molecular weight is 449 g/mol. The highest BCUT2D eigenvalue weighted by Crippen LogP contribution is 2.40. The molecule has 4 rings (SSSR count). The minimum absolute atomic E-state index is 0.304. The summed E-state index contributed by atoms with van der Waals surface area (Å²) in [5, 5.41) is 0.663. The van der Waals surface area contributed by atoms with E-state index >= 15 is 0 Å². The van der Waals surface area contributed by atoms with Crippen LogP contribution in [-0.2, 0) is 9.53 Å². The number of esters is 1. The van der Waals surface area contributed by atoms with Gasteiger partial charge in [-0.15, -0.1) is 11.3 Å². The lowest BCUT2D eigenvalue weighted by molar-refractivity contribution is -0.145. The topological polar surface area (TPSA) is 62.6 Å². The van der Waals surface area contributed by atoms with E-state index in [1.165, 1.54) is 11.3 Å². The number of methoxy groups -OCH3 is 2. The summed E-state index contributed by atoms with van der Waals surface area (Å²) in [6, 6.07) is 18.7. The van der Waals surface area contributed by atoms with Crippen LogP contribution in [0.15, 0.2) is 73.1 Å². The van der Waals surface area contributed by atoms with E-state index < -0.39 is 6.04 Å². The number of hydrogen-bond acceptors (Lipinski definition) is 6. The van der Waals surface area contributed by atoms with Gasteiger partial charge in [-0.1, -0.05) is 0 Å². The monoisotopic (exact) mass is 448 g/mol. The molecule has 0 spiro atoms. The highest BCUT2D eigenvalue weighted by atomic mass is 32.1. The molecule has 1 atom stereocenters. The molecule has 2 aromatic carbocycles. The first kappa shape index (κ1) is 21.6. The van der Waals surface area contributed by atoms with Crippen molar-refractivity contribution >= 4 is 17.3 Å². The van der Waals surface area contributed by atoms with E-state index in [-0.39, 0.29) is 5.97 Å². The fourth-order valence-electron chi connectivity index (χ4n) is 3.43. The maximum atomic E-state index is 12.9. The molecule has 32 heavy (non-hydrogen) atoms. The third kappa shape index (κ3) is 4.38. The largest absolute Gasteiger partial charge is 0.497 e. The molecule has 0 N–H and O–H groups in total. The van der Waals surface area contributed by atoms with E-state index in [4.69, 9.17) is 19.2 Å². The summed E-state index contributed by atoms with van der Waals surface area (Å²) in [7, 11) is 3.28. The van der Waals surface area contributed by atoms with Gasteiger partial charge in [0.25, 0.3) is 0 Å². The molecular formula is C25H24N2O4S. The predicted octanol–water partition coefficient (Wildman–Crippen LogP) is 5.45. The van der Waals surface area contributed by atoms with Crippen molar-refractivity contribution in [3.8, 4) is 33.2 Å². The molecule has 0 bridgehead atoms. The van der Waals surface area contributed by atoms with Crippen LogP contribution in [0.1, 0.15) is 18.0 Å². The molecule has 1 unspecified atom stereocenters. The summed E-state index contributed by atoms with van der Waals surface area (Å²) < 4.78 is 17.8. The molecule has 0 radical (unpaired) electrons. The van der Waals surface area contributed by atoms with E-state index in [0.29, 0.717) is 11.6 Å². The Kier molecular flexibility index (Phi) is 6.56. The number of hydrogen-bond donors (Lipinski definition) is 0. The molecule has 7 heteroatoms. The highest BCUT2D eigenvalue weighted by Gasteiger charge is 2.29. The third-order valence-electron chi connectivity index (χ3n) is 5.03. The number of thiazole rings is 1. The quantitative estimate of drug-likeness (QED) is 0.336. The van der Waals surface area contributed by atoms with Crippen LogP contribution < -0.4 is 9.47 Å². The summed E-state index contributed by atoms with van der Waals surface area (Å²) in [5.41, 5.74) is 2.74. The van der Waals surface area contributed by atoms with Gasteiger partial charge >= 0.3 is 5.97 Å². The summed E-state index contributed by atoms with van der Waals surface area (Å²) in [6.45, 7) is 2.11. The first-order valence-electron chi connectivity index (χ1n) is 10.2. The molecule has 4 aromatic rings. The molecule has 0 saturated heterocycles. The summed E-state index contributed by atoms with van der Waals surface area (Å²) in [4.78, 5) is 18.8. The van der Waals surface area contributed by atoms with Crippen LogP contribution in [0.25, 0.3) is 21.7 Å². The number of rotatable bonds is 8. The zero-order valence-corrected chi connectivity index (χ0v) is 19.0. The minimum atomic E-state index is -0.654. The van der Waals surface area contributed by atoms with E-state index in [1.807, 2.05) is 77.6 Å². The summed E-state index contributed by atoms with van der Waals surface area (Å²) in [6.07, 6.45) is 3.70. The molecule has 0 amide bonds. The van der Waals surface area contributed by atoms with Crippen LogP contribution >= 0.6 is 11.3 Å². The molecule has 164 valence electrons. The number of aromatic nitrogens is 2. The van der Waals surface area contributed by atoms with Crippen LogP contribution in [0, 0.1) is 0 Å². The van der Waals surface area contributed by atoms with Crippen LogP contribution in [0.5, 0.6) is 11.5 Å². The molecular weight excluding hydrogens is 424 g/mol. The van der Waals surface area contributed by atoms with Crippen LogP contribution in [-0.4, -0.2) is 36.3 Å². The Labute approximate surface area is 191 Å². The van der Waals surface area contributed by atoms with E-state index in [1.54, 1.807) is 21.1 Å². The van der Waals surface area contributed by atoms with Crippen LogP contribution in [0.4, 0.5) is 0 Å². The summed E-state index contributed by atoms with van der Waals surface area (Å²) in [5.74, 6) is 1.22. The molecule has 0 aliphatic heterocycles. The normalized spacial score (nSPS) is 11.7. The number of benzene rings is 2. The smallest absolute Gasteiger partial charge is 0.336 e. The Balaban J connectivity index is 1.86. The van der Waals surface area contributed by atoms with Gasteiger partial charge < -0.3 is 18.8 Å². The van der Waals surface area contributed by atoms with Crippen molar-refractivity contribution in [2.75, 3.05) is 20.8 Å².